The fourth-order valence-corrected chi connectivity index (χ4v) is 2.64. The van der Waals surface area contributed by atoms with Gasteiger partial charge >= 0.3 is 0 Å². The first-order valence-electron chi connectivity index (χ1n) is 10.2. The van der Waals surface area contributed by atoms with E-state index in [0.717, 1.165) is 30.2 Å². The van der Waals surface area contributed by atoms with Crippen LogP contribution in [0.15, 0.2) is 53.5 Å². The second-order valence-corrected chi connectivity index (χ2v) is 6.74. The molecule has 0 saturated carbocycles. The summed E-state index contributed by atoms with van der Waals surface area (Å²) in [6, 6.07) is 15.6. The molecule has 0 aliphatic heterocycles. The minimum atomic E-state index is -0.0454. The van der Waals surface area contributed by atoms with E-state index >= 15 is 0 Å². The number of guanidine groups is 1. The van der Waals surface area contributed by atoms with E-state index in [0.29, 0.717) is 31.8 Å². The van der Waals surface area contributed by atoms with Gasteiger partial charge in [-0.15, -0.1) is 0 Å². The van der Waals surface area contributed by atoms with Gasteiger partial charge in [-0.3, -0.25) is 4.79 Å². The fourth-order valence-electron chi connectivity index (χ4n) is 2.64. The molecule has 0 heterocycles. The third-order valence-corrected chi connectivity index (χ3v) is 4.17. The normalized spacial score (nSPS) is 11.1. The predicted octanol–water partition coefficient (Wildman–Crippen LogP) is 3.27. The molecule has 0 aliphatic rings. The third kappa shape index (κ3) is 8.25. The third-order valence-electron chi connectivity index (χ3n) is 4.17. The van der Waals surface area contributed by atoms with Gasteiger partial charge in [-0.25, -0.2) is 4.99 Å². The molecule has 2 aromatic rings. The van der Waals surface area contributed by atoms with Crippen LogP contribution in [0.5, 0.6) is 5.75 Å². The first-order valence-corrected chi connectivity index (χ1v) is 10.2. The second kappa shape index (κ2) is 12.4. The molecule has 6 nitrogen and oxygen atoms in total. The summed E-state index contributed by atoms with van der Waals surface area (Å²) in [5.41, 5.74) is 2.86. The van der Waals surface area contributed by atoms with Crippen LogP contribution in [0.3, 0.4) is 0 Å². The van der Waals surface area contributed by atoms with Crippen molar-refractivity contribution in [2.75, 3.05) is 26.2 Å². The van der Waals surface area contributed by atoms with E-state index in [9.17, 15) is 4.79 Å². The molecule has 3 N–H and O–H groups in total. The average molecular weight is 397 g/mol. The monoisotopic (exact) mass is 396 g/mol. The van der Waals surface area contributed by atoms with Gasteiger partial charge in [-0.2, -0.15) is 0 Å². The van der Waals surface area contributed by atoms with Gasteiger partial charge in [-0.05, 0) is 50.1 Å². The molecule has 0 aromatic heterocycles. The molecule has 0 atom stereocenters. The molecule has 0 bridgehead atoms. The Balaban J connectivity index is 1.86. The van der Waals surface area contributed by atoms with Crippen LogP contribution in [0, 0.1) is 6.92 Å². The fraction of sp³-hybridized carbons (Fsp3) is 0.391. The highest BCUT2D eigenvalue weighted by atomic mass is 16.5. The molecular formula is C23H32N4O2. The molecule has 0 radical (unpaired) electrons. The van der Waals surface area contributed by atoms with E-state index in [1.165, 1.54) is 5.56 Å². The molecule has 0 unspecified atom stereocenters. The summed E-state index contributed by atoms with van der Waals surface area (Å²) in [6.07, 6.45) is 0.918. The van der Waals surface area contributed by atoms with Crippen LogP contribution in [0.1, 0.15) is 41.8 Å². The highest BCUT2D eigenvalue weighted by Crippen LogP contribution is 2.11. The van der Waals surface area contributed by atoms with Crippen molar-refractivity contribution in [1.82, 2.24) is 16.0 Å². The number of benzene rings is 2. The van der Waals surface area contributed by atoms with Gasteiger partial charge in [0.1, 0.15) is 12.4 Å². The maximum Gasteiger partial charge on any atom is 0.251 e. The van der Waals surface area contributed by atoms with E-state index in [-0.39, 0.29) is 5.91 Å². The number of nitrogens with one attached hydrogen (secondary N) is 3. The molecule has 6 heteroatoms. The van der Waals surface area contributed by atoms with Gasteiger partial charge in [0.05, 0.1) is 13.1 Å². The van der Waals surface area contributed by atoms with Crippen molar-refractivity contribution < 1.29 is 9.53 Å². The van der Waals surface area contributed by atoms with Crippen LogP contribution in [-0.2, 0) is 6.54 Å². The average Bonchev–Trinajstić information content (AvgIpc) is 2.74. The van der Waals surface area contributed by atoms with Gasteiger partial charge in [0.15, 0.2) is 5.96 Å². The minimum absolute atomic E-state index is 0.0454. The van der Waals surface area contributed by atoms with Crippen molar-refractivity contribution in [3.8, 4) is 5.75 Å². The van der Waals surface area contributed by atoms with Crippen LogP contribution < -0.4 is 20.7 Å². The summed E-state index contributed by atoms with van der Waals surface area (Å²) < 4.78 is 5.74. The lowest BCUT2D eigenvalue weighted by molar-refractivity contribution is 0.0953. The van der Waals surface area contributed by atoms with Gasteiger partial charge in [0, 0.05) is 18.7 Å². The van der Waals surface area contributed by atoms with Crippen molar-refractivity contribution in [3.63, 3.8) is 0 Å². The van der Waals surface area contributed by atoms with Crippen LogP contribution >= 0.6 is 0 Å². The molecule has 0 aliphatic carbocycles. The van der Waals surface area contributed by atoms with E-state index in [4.69, 9.17) is 4.74 Å². The number of amides is 1. The summed E-state index contributed by atoms with van der Waals surface area (Å²) in [4.78, 5) is 16.7. The highest BCUT2D eigenvalue weighted by Gasteiger charge is 2.05. The molecule has 29 heavy (non-hydrogen) atoms. The molecule has 1 amide bonds. The van der Waals surface area contributed by atoms with E-state index < -0.39 is 0 Å². The summed E-state index contributed by atoms with van der Waals surface area (Å²) in [5.74, 6) is 1.54. The quantitative estimate of drug-likeness (QED) is 0.327. The predicted molar refractivity (Wildman–Crippen MR) is 119 cm³/mol. The Labute approximate surface area is 173 Å². The van der Waals surface area contributed by atoms with Gasteiger partial charge in [0.25, 0.3) is 5.91 Å². The summed E-state index contributed by atoms with van der Waals surface area (Å²) >= 11 is 0. The molecule has 2 rings (SSSR count). The van der Waals surface area contributed by atoms with E-state index in [2.05, 4.69) is 27.9 Å². The standard InChI is InChI=1S/C23H32N4O2/c1-4-13-25-22(28)20-8-6-7-19(16-20)17-27-23(24-5-2)26-14-15-29-21-11-9-18(3)10-12-21/h6-12,16H,4-5,13-15,17H2,1-3H3,(H,25,28)(H2,24,26,27). The van der Waals surface area contributed by atoms with Crippen molar-refractivity contribution >= 4 is 11.9 Å². The van der Waals surface area contributed by atoms with Crippen LogP contribution in [-0.4, -0.2) is 38.1 Å². The SMILES string of the molecule is CCCNC(=O)c1cccc(CN=C(NCC)NCCOc2ccc(C)cc2)c1. The first kappa shape index (κ1) is 22.3. The number of nitrogens with zero attached hydrogens (tertiary/aromatic N) is 1. The van der Waals surface area contributed by atoms with Gasteiger partial charge < -0.3 is 20.7 Å². The largest absolute Gasteiger partial charge is 0.492 e. The molecular weight excluding hydrogens is 364 g/mol. The number of hydrogen-bond acceptors (Lipinski definition) is 3. The lowest BCUT2D eigenvalue weighted by atomic mass is 10.1. The van der Waals surface area contributed by atoms with Crippen molar-refractivity contribution in [3.05, 3.63) is 65.2 Å². The zero-order valence-electron chi connectivity index (χ0n) is 17.6. The highest BCUT2D eigenvalue weighted by molar-refractivity contribution is 5.94. The van der Waals surface area contributed by atoms with Crippen LogP contribution in [0.2, 0.25) is 0 Å². The lowest BCUT2D eigenvalue weighted by Gasteiger charge is -2.12. The second-order valence-electron chi connectivity index (χ2n) is 6.74. The number of carbonyl (C=O) groups is 1. The van der Waals surface area contributed by atoms with E-state index in [1.807, 2.05) is 62.4 Å². The minimum Gasteiger partial charge on any atom is -0.492 e. The van der Waals surface area contributed by atoms with Crippen molar-refractivity contribution in [2.45, 2.75) is 33.7 Å². The summed E-state index contributed by atoms with van der Waals surface area (Å²) in [7, 11) is 0. The zero-order valence-corrected chi connectivity index (χ0v) is 17.6. The Kier molecular flexibility index (Phi) is 9.55. The number of aryl methyl sites for hydroxylation is 1. The van der Waals surface area contributed by atoms with Gasteiger partial charge in [0.2, 0.25) is 0 Å². The Morgan fingerprint density at radius 1 is 1.00 bits per heavy atom. The summed E-state index contributed by atoms with van der Waals surface area (Å²) in [6.45, 7) is 9.23. The van der Waals surface area contributed by atoms with Crippen molar-refractivity contribution in [1.29, 1.82) is 0 Å². The zero-order chi connectivity index (χ0) is 20.9. The first-order chi connectivity index (χ1) is 14.1. The topological polar surface area (TPSA) is 74.8 Å². The van der Waals surface area contributed by atoms with Crippen LogP contribution in [0.4, 0.5) is 0 Å². The van der Waals surface area contributed by atoms with E-state index in [1.54, 1.807) is 0 Å². The number of rotatable bonds is 10. The molecule has 2 aromatic carbocycles. The molecule has 156 valence electrons. The number of ether oxygens (including phenoxy) is 1. The van der Waals surface area contributed by atoms with Gasteiger partial charge in [-0.1, -0.05) is 36.8 Å². The Morgan fingerprint density at radius 3 is 2.52 bits per heavy atom. The molecule has 0 saturated heterocycles. The molecule has 0 fully saturated rings. The lowest BCUT2D eigenvalue weighted by Crippen LogP contribution is -2.39. The number of hydrogen-bond donors (Lipinski definition) is 3. The number of aliphatic imine (C=N–C) groups is 1. The maximum atomic E-state index is 12.1. The van der Waals surface area contributed by atoms with Crippen LogP contribution in [0.25, 0.3) is 0 Å². The smallest absolute Gasteiger partial charge is 0.251 e. The Bertz CT molecular complexity index is 788. The maximum absolute atomic E-state index is 12.1. The molecule has 0 spiro atoms. The summed E-state index contributed by atoms with van der Waals surface area (Å²) in [5, 5.41) is 9.40. The Hall–Kier alpha value is -3.02. The van der Waals surface area contributed by atoms with Crippen molar-refractivity contribution in [2.24, 2.45) is 4.99 Å². The Morgan fingerprint density at radius 2 is 1.79 bits per heavy atom. The number of carbonyl (C=O) groups excluding carboxylic acids is 1.